The summed E-state index contributed by atoms with van der Waals surface area (Å²) in [6.45, 7) is 0.776. The molecule has 1 atom stereocenters. The summed E-state index contributed by atoms with van der Waals surface area (Å²) in [5.74, 6) is 0.247. The largest absolute Gasteiger partial charge is 0.328 e. The molecular formula is C15H13NO2. The van der Waals surface area contributed by atoms with Gasteiger partial charge in [0.25, 0.3) is 5.91 Å². The number of allylic oxidation sites excluding steroid dienone is 1. The molecule has 1 unspecified atom stereocenters. The quantitative estimate of drug-likeness (QED) is 0.694. The Kier molecular flexibility index (Phi) is 1.74. The van der Waals surface area contributed by atoms with E-state index in [2.05, 4.69) is 0 Å². The van der Waals surface area contributed by atoms with Gasteiger partial charge in [-0.05, 0) is 36.1 Å². The third-order valence-electron chi connectivity index (χ3n) is 4.45. The molecule has 0 N–H and O–H groups in total. The van der Waals surface area contributed by atoms with E-state index in [-0.39, 0.29) is 17.2 Å². The summed E-state index contributed by atoms with van der Waals surface area (Å²) >= 11 is 0. The second kappa shape index (κ2) is 3.10. The van der Waals surface area contributed by atoms with E-state index < -0.39 is 0 Å². The number of hydrogen-bond acceptors (Lipinski definition) is 2. The highest BCUT2D eigenvalue weighted by molar-refractivity contribution is 6.13. The summed E-state index contributed by atoms with van der Waals surface area (Å²) in [4.78, 5) is 26.3. The van der Waals surface area contributed by atoms with Gasteiger partial charge in [-0.25, -0.2) is 0 Å². The van der Waals surface area contributed by atoms with E-state index in [1.54, 1.807) is 6.08 Å². The minimum absolute atomic E-state index is 0.0925. The molecule has 0 bridgehead atoms. The van der Waals surface area contributed by atoms with Crippen LogP contribution in [0.4, 0.5) is 0 Å². The lowest BCUT2D eigenvalue weighted by molar-refractivity contribution is -0.115. The van der Waals surface area contributed by atoms with Crippen molar-refractivity contribution >= 4 is 17.3 Å². The van der Waals surface area contributed by atoms with Crippen molar-refractivity contribution in [1.82, 2.24) is 4.90 Å². The molecule has 0 radical (unpaired) electrons. The molecule has 3 heteroatoms. The molecule has 2 aliphatic heterocycles. The van der Waals surface area contributed by atoms with E-state index in [0.717, 1.165) is 36.1 Å². The number of amides is 1. The first-order valence-corrected chi connectivity index (χ1v) is 6.39. The van der Waals surface area contributed by atoms with Gasteiger partial charge in [0.1, 0.15) is 0 Å². The zero-order valence-corrected chi connectivity index (χ0v) is 9.98. The van der Waals surface area contributed by atoms with Gasteiger partial charge in [0.05, 0.1) is 5.54 Å². The molecule has 1 fully saturated rings. The van der Waals surface area contributed by atoms with E-state index in [1.807, 2.05) is 29.2 Å². The number of ketones is 1. The number of carbonyl (C=O) groups is 2. The van der Waals surface area contributed by atoms with E-state index in [9.17, 15) is 9.59 Å². The number of carbonyl (C=O) groups excluding carboxylic acids is 2. The molecule has 2 heterocycles. The van der Waals surface area contributed by atoms with E-state index in [1.165, 1.54) is 0 Å². The third kappa shape index (κ3) is 1.00. The van der Waals surface area contributed by atoms with Crippen molar-refractivity contribution in [1.29, 1.82) is 0 Å². The maximum absolute atomic E-state index is 12.5. The fourth-order valence-electron chi connectivity index (χ4n) is 3.75. The van der Waals surface area contributed by atoms with Gasteiger partial charge in [-0.2, -0.15) is 0 Å². The fraction of sp³-hybridized carbons (Fsp3) is 0.333. The summed E-state index contributed by atoms with van der Waals surface area (Å²) in [6.07, 6.45) is 4.14. The molecule has 1 saturated heterocycles. The van der Waals surface area contributed by atoms with Crippen molar-refractivity contribution in [3.8, 4) is 0 Å². The van der Waals surface area contributed by atoms with Crippen LogP contribution in [0.25, 0.3) is 5.57 Å². The van der Waals surface area contributed by atoms with Crippen LogP contribution in [0, 0.1) is 0 Å². The van der Waals surface area contributed by atoms with E-state index >= 15 is 0 Å². The Bertz CT molecular complexity index is 617. The first-order valence-electron chi connectivity index (χ1n) is 6.39. The highest BCUT2D eigenvalue weighted by Gasteiger charge is 2.54. The lowest BCUT2D eigenvalue weighted by atomic mass is 9.79. The van der Waals surface area contributed by atoms with Crippen LogP contribution >= 0.6 is 0 Å². The van der Waals surface area contributed by atoms with Crippen LogP contribution in [-0.2, 0) is 4.79 Å². The number of nitrogens with zero attached hydrogens (tertiary/aromatic N) is 1. The lowest BCUT2D eigenvalue weighted by Crippen LogP contribution is -2.50. The summed E-state index contributed by atoms with van der Waals surface area (Å²) in [5, 5.41) is 0. The van der Waals surface area contributed by atoms with E-state index in [4.69, 9.17) is 0 Å². The first-order chi connectivity index (χ1) is 8.72. The van der Waals surface area contributed by atoms with E-state index in [0.29, 0.717) is 6.42 Å². The molecular weight excluding hydrogens is 226 g/mol. The van der Waals surface area contributed by atoms with Crippen molar-refractivity contribution in [2.45, 2.75) is 24.8 Å². The molecule has 3 aliphatic rings. The number of rotatable bonds is 0. The minimum Gasteiger partial charge on any atom is -0.328 e. The standard InChI is InChI=1S/C15H13NO2/c17-10-8-13-11-4-1-2-5-12(11)14(18)16-7-3-6-15(13,16)9-10/h1-2,4-5,8H,3,6-7,9H2. The summed E-state index contributed by atoms with van der Waals surface area (Å²) < 4.78 is 0. The van der Waals surface area contributed by atoms with Crippen molar-refractivity contribution in [3.05, 3.63) is 41.5 Å². The molecule has 1 spiro atoms. The summed E-state index contributed by atoms with van der Waals surface area (Å²) in [6, 6.07) is 7.66. The first kappa shape index (κ1) is 10.1. The highest BCUT2D eigenvalue weighted by atomic mass is 16.2. The Morgan fingerprint density at radius 2 is 1.89 bits per heavy atom. The second-order valence-corrected chi connectivity index (χ2v) is 5.34. The topological polar surface area (TPSA) is 37.4 Å². The zero-order valence-electron chi connectivity index (χ0n) is 9.98. The molecule has 1 amide bonds. The molecule has 1 aromatic rings. The van der Waals surface area contributed by atoms with Gasteiger partial charge in [-0.3, -0.25) is 9.59 Å². The Balaban J connectivity index is 2.04. The van der Waals surface area contributed by atoms with Gasteiger partial charge in [-0.1, -0.05) is 18.2 Å². The Hall–Kier alpha value is -1.90. The van der Waals surface area contributed by atoms with Crippen LogP contribution in [0.3, 0.4) is 0 Å². The van der Waals surface area contributed by atoms with Gasteiger partial charge < -0.3 is 4.90 Å². The summed E-state index contributed by atoms with van der Waals surface area (Å²) in [7, 11) is 0. The van der Waals surface area contributed by atoms with Crippen molar-refractivity contribution in [2.75, 3.05) is 6.54 Å². The number of fused-ring (bicyclic) bond motifs is 2. The predicted molar refractivity (Wildman–Crippen MR) is 67.0 cm³/mol. The van der Waals surface area contributed by atoms with Crippen molar-refractivity contribution in [2.24, 2.45) is 0 Å². The minimum atomic E-state index is -0.317. The SMILES string of the molecule is O=C1C=C2c3ccccc3C(=O)N3CCCC23C1. The van der Waals surface area contributed by atoms with Gasteiger partial charge in [0.15, 0.2) is 5.78 Å². The van der Waals surface area contributed by atoms with Gasteiger partial charge >= 0.3 is 0 Å². The van der Waals surface area contributed by atoms with Gasteiger partial charge in [0, 0.05) is 18.5 Å². The highest BCUT2D eigenvalue weighted by Crippen LogP contribution is 2.51. The third-order valence-corrected chi connectivity index (χ3v) is 4.45. The normalized spacial score (nSPS) is 28.9. The Morgan fingerprint density at radius 3 is 2.72 bits per heavy atom. The van der Waals surface area contributed by atoms with Crippen molar-refractivity contribution < 1.29 is 9.59 Å². The fourth-order valence-corrected chi connectivity index (χ4v) is 3.75. The predicted octanol–water partition coefficient (Wildman–Crippen LogP) is 2.03. The lowest BCUT2D eigenvalue weighted by Gasteiger charge is -2.41. The average Bonchev–Trinajstić information content (AvgIpc) is 2.93. The Labute approximate surface area is 105 Å². The number of benzene rings is 1. The van der Waals surface area contributed by atoms with Crippen LogP contribution in [0.15, 0.2) is 30.3 Å². The summed E-state index contributed by atoms with van der Waals surface area (Å²) in [5.41, 5.74) is 2.46. The smallest absolute Gasteiger partial charge is 0.255 e. The molecule has 4 rings (SSSR count). The molecule has 1 aliphatic carbocycles. The van der Waals surface area contributed by atoms with Gasteiger partial charge in [0.2, 0.25) is 0 Å². The molecule has 0 saturated carbocycles. The zero-order chi connectivity index (χ0) is 12.3. The van der Waals surface area contributed by atoms with Crippen molar-refractivity contribution in [3.63, 3.8) is 0 Å². The van der Waals surface area contributed by atoms with Crippen LogP contribution in [0.1, 0.15) is 35.2 Å². The van der Waals surface area contributed by atoms with Crippen LogP contribution in [-0.4, -0.2) is 28.7 Å². The molecule has 90 valence electrons. The maximum atomic E-state index is 12.5. The average molecular weight is 239 g/mol. The Morgan fingerprint density at radius 1 is 1.11 bits per heavy atom. The number of hydrogen-bond donors (Lipinski definition) is 0. The molecule has 0 aromatic heterocycles. The van der Waals surface area contributed by atoms with Crippen LogP contribution < -0.4 is 0 Å². The second-order valence-electron chi connectivity index (χ2n) is 5.34. The van der Waals surface area contributed by atoms with Crippen LogP contribution in [0.2, 0.25) is 0 Å². The van der Waals surface area contributed by atoms with Crippen LogP contribution in [0.5, 0.6) is 0 Å². The molecule has 18 heavy (non-hydrogen) atoms. The molecule has 1 aromatic carbocycles. The molecule has 3 nitrogen and oxygen atoms in total. The monoisotopic (exact) mass is 239 g/mol. The van der Waals surface area contributed by atoms with Gasteiger partial charge in [-0.15, -0.1) is 0 Å². The maximum Gasteiger partial charge on any atom is 0.255 e.